The van der Waals surface area contributed by atoms with Gasteiger partial charge in [-0.3, -0.25) is 0 Å². The van der Waals surface area contributed by atoms with E-state index in [0.717, 1.165) is 16.7 Å². The molecule has 0 saturated heterocycles. The highest BCUT2D eigenvalue weighted by Gasteiger charge is 1.98. The Morgan fingerprint density at radius 3 is 2.35 bits per heavy atom. The van der Waals surface area contributed by atoms with Crippen LogP contribution in [0.3, 0.4) is 0 Å². The van der Waals surface area contributed by atoms with E-state index in [2.05, 4.69) is 30.8 Å². The molecule has 0 N–H and O–H groups in total. The van der Waals surface area contributed by atoms with Crippen molar-refractivity contribution in [3.05, 3.63) is 70.8 Å². The summed E-state index contributed by atoms with van der Waals surface area (Å²) in [5.41, 5.74) is 4.03. The van der Waals surface area contributed by atoms with Gasteiger partial charge in [-0.15, -0.1) is 0 Å². The standard InChI is InChI=1S/C20H19NO2/c1-15(2)19-11-8-18(9-12-19)14-21-23-20(22)13-10-17-6-4-16(3)5-7-17/h4-9,11-12,14-15H,1-3H3/b21-14+. The van der Waals surface area contributed by atoms with Crippen LogP contribution in [0.2, 0.25) is 0 Å². The molecule has 0 saturated carbocycles. The Hall–Kier alpha value is -2.86. The first kappa shape index (κ1) is 16.5. The summed E-state index contributed by atoms with van der Waals surface area (Å²) in [6.45, 7) is 6.27. The third-order valence-electron chi connectivity index (χ3n) is 3.30. The van der Waals surface area contributed by atoms with Gasteiger partial charge < -0.3 is 4.84 Å². The molecule has 23 heavy (non-hydrogen) atoms. The van der Waals surface area contributed by atoms with Crippen LogP contribution in [-0.2, 0) is 9.63 Å². The summed E-state index contributed by atoms with van der Waals surface area (Å²) < 4.78 is 0. The van der Waals surface area contributed by atoms with Crippen LogP contribution in [-0.4, -0.2) is 12.2 Å². The maximum absolute atomic E-state index is 11.5. The summed E-state index contributed by atoms with van der Waals surface area (Å²) in [4.78, 5) is 16.2. The van der Waals surface area contributed by atoms with Crippen LogP contribution in [0.4, 0.5) is 0 Å². The van der Waals surface area contributed by atoms with Crippen LogP contribution in [0.25, 0.3) is 0 Å². The predicted molar refractivity (Wildman–Crippen MR) is 92.3 cm³/mol. The molecule has 0 bridgehead atoms. The molecule has 0 heterocycles. The van der Waals surface area contributed by atoms with Crippen LogP contribution in [0.1, 0.15) is 42.0 Å². The molecule has 0 aromatic heterocycles. The van der Waals surface area contributed by atoms with Crippen LogP contribution in [0, 0.1) is 18.8 Å². The second kappa shape index (κ2) is 7.95. The zero-order valence-electron chi connectivity index (χ0n) is 13.5. The van der Waals surface area contributed by atoms with E-state index in [4.69, 9.17) is 4.84 Å². The number of carbonyl (C=O) groups is 1. The van der Waals surface area contributed by atoms with E-state index in [9.17, 15) is 4.79 Å². The number of hydrogen-bond acceptors (Lipinski definition) is 3. The van der Waals surface area contributed by atoms with E-state index in [-0.39, 0.29) is 0 Å². The molecule has 0 amide bonds. The van der Waals surface area contributed by atoms with Gasteiger partial charge in [-0.05, 0) is 36.1 Å². The number of nitrogens with zero attached hydrogens (tertiary/aromatic N) is 1. The second-order valence-corrected chi connectivity index (χ2v) is 5.55. The molecule has 3 nitrogen and oxygen atoms in total. The molecule has 2 aromatic carbocycles. The predicted octanol–water partition coefficient (Wildman–Crippen LogP) is 4.05. The van der Waals surface area contributed by atoms with Crippen LogP contribution >= 0.6 is 0 Å². The molecular weight excluding hydrogens is 286 g/mol. The van der Waals surface area contributed by atoms with Crippen LogP contribution in [0.15, 0.2) is 53.7 Å². The molecule has 0 aliphatic rings. The SMILES string of the molecule is Cc1ccc(C#CC(=O)O/N=C/c2ccc(C(C)C)cc2)cc1. The highest BCUT2D eigenvalue weighted by Crippen LogP contribution is 2.13. The van der Waals surface area contributed by atoms with Crippen molar-refractivity contribution in [1.29, 1.82) is 0 Å². The largest absolute Gasteiger partial charge is 0.410 e. The summed E-state index contributed by atoms with van der Waals surface area (Å²) >= 11 is 0. The van der Waals surface area contributed by atoms with Crippen molar-refractivity contribution < 1.29 is 9.63 Å². The fourth-order valence-corrected chi connectivity index (χ4v) is 1.88. The molecule has 0 aliphatic carbocycles. The van der Waals surface area contributed by atoms with E-state index in [1.807, 2.05) is 55.5 Å². The van der Waals surface area contributed by atoms with Gasteiger partial charge >= 0.3 is 5.97 Å². The third kappa shape index (κ3) is 5.44. The topological polar surface area (TPSA) is 38.7 Å². The van der Waals surface area contributed by atoms with Gasteiger partial charge in [0.15, 0.2) is 0 Å². The van der Waals surface area contributed by atoms with Gasteiger partial charge in [0.05, 0.1) is 6.21 Å². The zero-order valence-corrected chi connectivity index (χ0v) is 13.5. The molecule has 0 unspecified atom stereocenters. The van der Waals surface area contributed by atoms with Crippen molar-refractivity contribution in [3.8, 4) is 11.8 Å². The number of aryl methyl sites for hydroxylation is 1. The zero-order chi connectivity index (χ0) is 16.7. The molecule has 116 valence electrons. The molecule has 0 radical (unpaired) electrons. The minimum absolute atomic E-state index is 0.482. The van der Waals surface area contributed by atoms with E-state index in [1.165, 1.54) is 11.8 Å². The number of benzene rings is 2. The van der Waals surface area contributed by atoms with Gasteiger partial charge in [0.25, 0.3) is 0 Å². The highest BCUT2D eigenvalue weighted by molar-refractivity contribution is 5.89. The number of hydrogen-bond donors (Lipinski definition) is 0. The quantitative estimate of drug-likeness (QED) is 0.371. The monoisotopic (exact) mass is 305 g/mol. The van der Waals surface area contributed by atoms with E-state index < -0.39 is 5.97 Å². The summed E-state index contributed by atoms with van der Waals surface area (Å²) in [5, 5.41) is 3.67. The molecule has 3 heteroatoms. The lowest BCUT2D eigenvalue weighted by molar-refractivity contribution is -0.136. The molecule has 0 aliphatic heterocycles. The molecule has 2 aromatic rings. The fraction of sp³-hybridized carbons (Fsp3) is 0.200. The summed E-state index contributed by atoms with van der Waals surface area (Å²) in [5.74, 6) is 4.95. The van der Waals surface area contributed by atoms with Gasteiger partial charge in [0.1, 0.15) is 0 Å². The van der Waals surface area contributed by atoms with E-state index in [0.29, 0.717) is 5.92 Å². The van der Waals surface area contributed by atoms with Gasteiger partial charge in [0, 0.05) is 11.5 Å². The first-order valence-corrected chi connectivity index (χ1v) is 7.47. The van der Waals surface area contributed by atoms with Crippen molar-refractivity contribution in [1.82, 2.24) is 0 Å². The minimum atomic E-state index is -0.680. The van der Waals surface area contributed by atoms with Gasteiger partial charge in [-0.2, -0.15) is 0 Å². The molecule has 0 atom stereocenters. The first-order valence-electron chi connectivity index (χ1n) is 7.47. The smallest absolute Gasteiger partial charge is 0.305 e. The maximum Gasteiger partial charge on any atom is 0.410 e. The van der Waals surface area contributed by atoms with Crippen molar-refractivity contribution in [2.75, 3.05) is 0 Å². The Kier molecular flexibility index (Phi) is 5.71. The lowest BCUT2D eigenvalue weighted by atomic mass is 10.0. The summed E-state index contributed by atoms with van der Waals surface area (Å²) in [7, 11) is 0. The lowest BCUT2D eigenvalue weighted by Gasteiger charge is -2.04. The minimum Gasteiger partial charge on any atom is -0.305 e. The number of oxime groups is 1. The van der Waals surface area contributed by atoms with Crippen molar-refractivity contribution in [2.24, 2.45) is 5.16 Å². The Labute approximate surface area is 137 Å². The summed E-state index contributed by atoms with van der Waals surface area (Å²) in [6, 6.07) is 15.5. The van der Waals surface area contributed by atoms with Crippen LogP contribution < -0.4 is 0 Å². The van der Waals surface area contributed by atoms with Crippen LogP contribution in [0.5, 0.6) is 0 Å². The first-order chi connectivity index (χ1) is 11.0. The lowest BCUT2D eigenvalue weighted by Crippen LogP contribution is -1.96. The molecule has 0 spiro atoms. The Morgan fingerprint density at radius 1 is 1.09 bits per heavy atom. The van der Waals surface area contributed by atoms with E-state index in [1.54, 1.807) is 0 Å². The van der Waals surface area contributed by atoms with Gasteiger partial charge in [0.2, 0.25) is 0 Å². The normalized spacial score (nSPS) is 10.4. The van der Waals surface area contributed by atoms with Gasteiger partial charge in [-0.1, -0.05) is 66.9 Å². The molecule has 0 fully saturated rings. The van der Waals surface area contributed by atoms with E-state index >= 15 is 0 Å². The Morgan fingerprint density at radius 2 is 1.74 bits per heavy atom. The average Bonchev–Trinajstić information content (AvgIpc) is 2.55. The van der Waals surface area contributed by atoms with Crippen molar-refractivity contribution in [3.63, 3.8) is 0 Å². The Bertz CT molecular complexity index is 745. The number of carbonyl (C=O) groups excluding carboxylic acids is 1. The Balaban J connectivity index is 1.90. The molecule has 2 rings (SSSR count). The van der Waals surface area contributed by atoms with Crippen molar-refractivity contribution in [2.45, 2.75) is 26.7 Å². The second-order valence-electron chi connectivity index (χ2n) is 5.55. The fourth-order valence-electron chi connectivity index (χ4n) is 1.88. The van der Waals surface area contributed by atoms with Crippen molar-refractivity contribution >= 4 is 12.2 Å². The number of rotatable bonds is 3. The maximum atomic E-state index is 11.5. The van der Waals surface area contributed by atoms with Gasteiger partial charge in [-0.25, -0.2) is 4.79 Å². The third-order valence-corrected chi connectivity index (χ3v) is 3.30. The highest BCUT2D eigenvalue weighted by atomic mass is 16.7. The summed E-state index contributed by atoms with van der Waals surface area (Å²) in [6.07, 6.45) is 1.50. The molecular formula is C20H19NO2. The average molecular weight is 305 g/mol.